The molecule has 1 N–H and O–H groups in total. The minimum absolute atomic E-state index is 0.0457. The van der Waals surface area contributed by atoms with Crippen molar-refractivity contribution in [2.45, 2.75) is 76.6 Å². The Morgan fingerprint density at radius 1 is 1.15 bits per heavy atom. The third-order valence-electron chi connectivity index (χ3n) is 7.91. The molecule has 1 aliphatic carbocycles. The summed E-state index contributed by atoms with van der Waals surface area (Å²) in [5, 5.41) is 14.1. The summed E-state index contributed by atoms with van der Waals surface area (Å²) in [7, 11) is 0. The summed E-state index contributed by atoms with van der Waals surface area (Å²) in [5.41, 5.74) is -2.84. The van der Waals surface area contributed by atoms with E-state index in [1.165, 1.54) is 17.3 Å². The van der Waals surface area contributed by atoms with E-state index >= 15 is 0 Å². The van der Waals surface area contributed by atoms with E-state index in [-0.39, 0.29) is 45.2 Å². The van der Waals surface area contributed by atoms with E-state index in [4.69, 9.17) is 27.9 Å². The zero-order valence-corrected chi connectivity index (χ0v) is 23.2. The van der Waals surface area contributed by atoms with Gasteiger partial charge in [0.05, 0.1) is 38.9 Å². The second kappa shape index (κ2) is 11.2. The molecule has 1 atom stereocenters. The summed E-state index contributed by atoms with van der Waals surface area (Å²) < 4.78 is 50.0. The standard InChI is InChI=1S/C26H31Cl2F3N4O4/c1-24(23(37)38)8-4-16(5-9-24)35-21(26(29,30)31)18(12-33-35)22(36)34(15-25(2)7-3-11-39-25)10-6-17-19(27)13-32-14-20(17)28/h12-14,16H,3-11,15H2,1-2H3,(H,37,38)/t16-,24-,25-/m0/s1. The topological polar surface area (TPSA) is 97.6 Å². The van der Waals surface area contributed by atoms with Gasteiger partial charge in [-0.05, 0) is 64.4 Å². The normalized spacial score (nSPS) is 25.6. The molecule has 2 aliphatic rings. The van der Waals surface area contributed by atoms with Crippen molar-refractivity contribution in [3.63, 3.8) is 0 Å². The fraction of sp³-hybridized carbons (Fsp3) is 0.615. The van der Waals surface area contributed by atoms with Crippen LogP contribution in [-0.2, 0) is 22.1 Å². The van der Waals surface area contributed by atoms with Gasteiger partial charge in [0.15, 0.2) is 5.69 Å². The molecule has 1 saturated heterocycles. The Hall–Kier alpha value is -2.37. The molecule has 2 fully saturated rings. The minimum Gasteiger partial charge on any atom is -0.481 e. The quantitative estimate of drug-likeness (QED) is 0.401. The lowest BCUT2D eigenvalue weighted by molar-refractivity contribution is -0.152. The van der Waals surface area contributed by atoms with Gasteiger partial charge < -0.3 is 14.7 Å². The predicted molar refractivity (Wildman–Crippen MR) is 138 cm³/mol. The van der Waals surface area contributed by atoms with Crippen molar-refractivity contribution in [1.29, 1.82) is 0 Å². The maximum Gasteiger partial charge on any atom is 0.433 e. The van der Waals surface area contributed by atoms with Crippen molar-refractivity contribution in [2.75, 3.05) is 19.7 Å². The second-order valence-corrected chi connectivity index (χ2v) is 11.7. The first kappa shape index (κ1) is 29.6. The van der Waals surface area contributed by atoms with Gasteiger partial charge in [-0.1, -0.05) is 23.2 Å². The summed E-state index contributed by atoms with van der Waals surface area (Å²) >= 11 is 12.5. The number of alkyl halides is 3. The molecule has 0 unspecified atom stereocenters. The zero-order valence-electron chi connectivity index (χ0n) is 21.7. The molecule has 1 aliphatic heterocycles. The molecule has 214 valence electrons. The van der Waals surface area contributed by atoms with E-state index in [0.29, 0.717) is 28.6 Å². The van der Waals surface area contributed by atoms with Crippen LogP contribution < -0.4 is 0 Å². The lowest BCUT2D eigenvalue weighted by Crippen LogP contribution is -2.45. The maximum absolute atomic E-state index is 14.4. The van der Waals surface area contributed by atoms with Crippen LogP contribution in [0.2, 0.25) is 10.0 Å². The number of carboxylic acids is 1. The predicted octanol–water partition coefficient (Wildman–Crippen LogP) is 6.06. The monoisotopic (exact) mass is 590 g/mol. The fourth-order valence-corrected chi connectivity index (χ4v) is 6.04. The Morgan fingerprint density at radius 3 is 2.33 bits per heavy atom. The number of ether oxygens (including phenoxy) is 1. The SMILES string of the molecule is C[C@@]1(CN(CCc2c(Cl)cncc2Cl)C(=O)c2cnn([C@H]3CC[C@](C)(C(=O)O)CC3)c2C(F)(F)F)CCCO1. The number of hydrogen-bond acceptors (Lipinski definition) is 5. The van der Waals surface area contributed by atoms with Crippen LogP contribution in [0.15, 0.2) is 18.6 Å². The van der Waals surface area contributed by atoms with Gasteiger partial charge >= 0.3 is 12.1 Å². The first-order valence-corrected chi connectivity index (χ1v) is 13.6. The molecule has 13 heteroatoms. The number of carboxylic acid groups (broad SMARTS) is 1. The first-order valence-electron chi connectivity index (χ1n) is 12.8. The molecule has 8 nitrogen and oxygen atoms in total. The highest BCUT2D eigenvalue weighted by Gasteiger charge is 2.45. The van der Waals surface area contributed by atoms with E-state index in [1.807, 2.05) is 6.92 Å². The fourth-order valence-electron chi connectivity index (χ4n) is 5.49. The van der Waals surface area contributed by atoms with E-state index in [2.05, 4.69) is 10.1 Å². The number of pyridine rings is 1. The lowest BCUT2D eigenvalue weighted by atomic mass is 9.74. The number of halogens is 5. The largest absolute Gasteiger partial charge is 0.481 e. The number of nitrogens with zero attached hydrogens (tertiary/aromatic N) is 4. The van der Waals surface area contributed by atoms with Gasteiger partial charge in [-0.15, -0.1) is 0 Å². The van der Waals surface area contributed by atoms with Crippen LogP contribution in [0.25, 0.3) is 0 Å². The summed E-state index contributed by atoms with van der Waals surface area (Å²) in [4.78, 5) is 30.7. The molecular formula is C26H31Cl2F3N4O4. The Balaban J connectivity index is 1.65. The number of hydrogen-bond donors (Lipinski definition) is 1. The number of aromatic nitrogens is 3. The number of carbonyl (C=O) groups excluding carboxylic acids is 1. The Bertz CT molecular complexity index is 1200. The number of aliphatic carboxylic acids is 1. The first-order chi connectivity index (χ1) is 18.2. The van der Waals surface area contributed by atoms with Crippen LogP contribution in [0, 0.1) is 5.41 Å². The van der Waals surface area contributed by atoms with Crippen LogP contribution in [-0.4, -0.2) is 61.9 Å². The molecule has 2 aromatic rings. The van der Waals surface area contributed by atoms with Crippen LogP contribution in [0.4, 0.5) is 13.2 Å². The van der Waals surface area contributed by atoms with Crippen LogP contribution >= 0.6 is 23.2 Å². The molecular weight excluding hydrogens is 560 g/mol. The van der Waals surface area contributed by atoms with Gasteiger partial charge in [0.2, 0.25) is 0 Å². The lowest BCUT2D eigenvalue weighted by Gasteiger charge is -2.35. The van der Waals surface area contributed by atoms with Crippen molar-refractivity contribution in [3.8, 4) is 0 Å². The van der Waals surface area contributed by atoms with Crippen molar-refractivity contribution >= 4 is 35.1 Å². The van der Waals surface area contributed by atoms with Gasteiger partial charge in [0.25, 0.3) is 5.91 Å². The van der Waals surface area contributed by atoms with E-state index in [0.717, 1.165) is 17.3 Å². The van der Waals surface area contributed by atoms with E-state index < -0.39 is 46.4 Å². The number of carbonyl (C=O) groups is 2. The van der Waals surface area contributed by atoms with Gasteiger partial charge in [-0.2, -0.15) is 18.3 Å². The number of amides is 1. The van der Waals surface area contributed by atoms with Crippen molar-refractivity contribution in [2.24, 2.45) is 5.41 Å². The Morgan fingerprint density at radius 2 is 1.79 bits per heavy atom. The van der Waals surface area contributed by atoms with Gasteiger partial charge in [-0.25, -0.2) is 0 Å². The third-order valence-corrected chi connectivity index (χ3v) is 8.56. The van der Waals surface area contributed by atoms with E-state index in [1.54, 1.807) is 6.92 Å². The molecule has 0 bridgehead atoms. The highest BCUT2D eigenvalue weighted by molar-refractivity contribution is 6.35. The average molecular weight is 591 g/mol. The Kier molecular flexibility index (Phi) is 8.54. The number of rotatable bonds is 8. The average Bonchev–Trinajstić information content (AvgIpc) is 3.50. The van der Waals surface area contributed by atoms with Crippen LogP contribution in [0.5, 0.6) is 0 Å². The molecule has 3 heterocycles. The molecule has 0 radical (unpaired) electrons. The molecule has 4 rings (SSSR count). The maximum atomic E-state index is 14.4. The molecule has 0 spiro atoms. The van der Waals surface area contributed by atoms with Crippen LogP contribution in [0.3, 0.4) is 0 Å². The summed E-state index contributed by atoms with van der Waals surface area (Å²) in [6, 6.07) is -0.672. The van der Waals surface area contributed by atoms with Crippen LogP contribution in [0.1, 0.15) is 80.0 Å². The van der Waals surface area contributed by atoms with Gasteiger partial charge in [0, 0.05) is 32.1 Å². The molecule has 1 saturated carbocycles. The summed E-state index contributed by atoms with van der Waals surface area (Å²) in [6.45, 7) is 4.06. The summed E-state index contributed by atoms with van der Waals surface area (Å²) in [5.74, 6) is -1.79. The third kappa shape index (κ3) is 6.36. The van der Waals surface area contributed by atoms with Crippen molar-refractivity contribution in [1.82, 2.24) is 19.7 Å². The van der Waals surface area contributed by atoms with E-state index in [9.17, 15) is 27.9 Å². The summed E-state index contributed by atoms with van der Waals surface area (Å²) in [6.07, 6.45) is 1.42. The molecule has 0 aromatic carbocycles. The van der Waals surface area contributed by atoms with Gasteiger partial charge in [0.1, 0.15) is 0 Å². The smallest absolute Gasteiger partial charge is 0.433 e. The molecule has 1 amide bonds. The Labute approximate surface area is 234 Å². The highest BCUT2D eigenvalue weighted by atomic mass is 35.5. The second-order valence-electron chi connectivity index (χ2n) is 10.9. The molecule has 2 aromatic heterocycles. The highest BCUT2D eigenvalue weighted by Crippen LogP contribution is 2.43. The zero-order chi connectivity index (χ0) is 28.6. The van der Waals surface area contributed by atoms with Crippen molar-refractivity contribution in [3.05, 3.63) is 45.5 Å². The minimum atomic E-state index is -4.85. The van der Waals surface area contributed by atoms with Crippen molar-refractivity contribution < 1.29 is 32.6 Å². The van der Waals surface area contributed by atoms with Gasteiger partial charge in [-0.3, -0.25) is 19.3 Å². The molecule has 39 heavy (non-hydrogen) atoms.